The van der Waals surface area contributed by atoms with Gasteiger partial charge in [-0.25, -0.2) is 15.0 Å². The Hall–Kier alpha value is -2.30. The number of halogens is 1. The number of aryl methyl sites for hydroxylation is 2. The van der Waals surface area contributed by atoms with Gasteiger partial charge in [-0.2, -0.15) is 0 Å². The predicted octanol–water partition coefficient (Wildman–Crippen LogP) is 6.06. The Balaban J connectivity index is 1.60. The zero-order valence-corrected chi connectivity index (χ0v) is 22.2. The molecular weight excluding hydrogens is 570 g/mol. The molecule has 3 heterocycles. The number of hydrogen-bond donors (Lipinski definition) is 2. The number of para-hydroxylation sites is 1. The van der Waals surface area contributed by atoms with Crippen molar-refractivity contribution in [3.8, 4) is 16.3 Å². The van der Waals surface area contributed by atoms with Gasteiger partial charge in [-0.15, -0.1) is 11.3 Å². The van der Waals surface area contributed by atoms with Crippen LogP contribution in [0.5, 0.6) is 5.75 Å². The average molecular weight is 592 g/mol. The van der Waals surface area contributed by atoms with Gasteiger partial charge in [-0.1, -0.05) is 6.07 Å². The Morgan fingerprint density at radius 3 is 2.73 bits per heavy atom. The molecule has 5 rings (SSSR count). The lowest BCUT2D eigenvalue weighted by molar-refractivity contribution is -0.117. The van der Waals surface area contributed by atoms with E-state index in [1.165, 1.54) is 0 Å². The first-order valence-electron chi connectivity index (χ1n) is 10.4. The van der Waals surface area contributed by atoms with Gasteiger partial charge >= 0.3 is 0 Å². The Morgan fingerprint density at radius 2 is 2.06 bits per heavy atom. The molecule has 1 fully saturated rings. The Morgan fingerprint density at radius 1 is 1.24 bits per heavy atom. The van der Waals surface area contributed by atoms with Crippen molar-refractivity contribution < 1.29 is 9.53 Å². The molecule has 1 unspecified atom stereocenters. The van der Waals surface area contributed by atoms with Crippen molar-refractivity contribution in [2.45, 2.75) is 26.7 Å². The van der Waals surface area contributed by atoms with Crippen LogP contribution >= 0.6 is 39.8 Å². The third-order valence-corrected chi connectivity index (χ3v) is 8.55. The van der Waals surface area contributed by atoms with Crippen LogP contribution < -0.4 is 15.4 Å². The number of aromatic nitrogens is 4. The number of methoxy groups -OCH3 is 1. The highest BCUT2D eigenvalue weighted by atomic mass is 127. The average Bonchev–Trinajstić information content (AvgIpc) is 3.49. The van der Waals surface area contributed by atoms with E-state index in [9.17, 15) is 4.79 Å². The highest BCUT2D eigenvalue weighted by Crippen LogP contribution is 2.41. The van der Waals surface area contributed by atoms with Gasteiger partial charge in [0.2, 0.25) is 5.91 Å². The predicted molar refractivity (Wildman–Crippen MR) is 143 cm³/mol. The molecule has 1 aromatic carbocycles. The number of carbonyl (C=O) groups is 1. The molecule has 1 atom stereocenters. The second-order valence-corrected chi connectivity index (χ2v) is 10.8. The molecule has 0 bridgehead atoms. The molecular formula is C22H22IN6O2PS. The lowest BCUT2D eigenvalue weighted by Gasteiger charge is -2.15. The number of nitrogens with one attached hydrogen (secondary N) is 2. The van der Waals surface area contributed by atoms with Crippen LogP contribution in [0.15, 0.2) is 29.6 Å². The largest absolute Gasteiger partial charge is 0.494 e. The first-order valence-corrected chi connectivity index (χ1v) is 15.4. The van der Waals surface area contributed by atoms with E-state index < -0.39 is 0 Å². The summed E-state index contributed by atoms with van der Waals surface area (Å²) in [5.41, 5.74) is 4.93. The zero-order chi connectivity index (χ0) is 23.1. The van der Waals surface area contributed by atoms with Crippen LogP contribution in [0.1, 0.15) is 24.4 Å². The molecule has 170 valence electrons. The van der Waals surface area contributed by atoms with Gasteiger partial charge in [0, 0.05) is 23.1 Å². The van der Waals surface area contributed by atoms with Gasteiger partial charge in [0.25, 0.3) is 0 Å². The maximum absolute atomic E-state index is 12.4. The minimum atomic E-state index is 0.0197. The summed E-state index contributed by atoms with van der Waals surface area (Å²) in [7, 11) is 1.66. The van der Waals surface area contributed by atoms with Crippen molar-refractivity contribution in [1.29, 1.82) is 0 Å². The fraction of sp³-hybridized carbons (Fsp3) is 0.273. The highest BCUT2D eigenvalue weighted by Gasteiger charge is 2.30. The molecule has 1 aliphatic carbocycles. The lowest BCUT2D eigenvalue weighted by atomic mass is 10.1. The first kappa shape index (κ1) is 22.5. The molecule has 1 amide bonds. The van der Waals surface area contributed by atoms with E-state index >= 15 is 0 Å². The summed E-state index contributed by atoms with van der Waals surface area (Å²) in [5, 5.41) is 9.40. The number of amides is 1. The van der Waals surface area contributed by atoms with Crippen LogP contribution in [0.4, 0.5) is 17.2 Å². The Kier molecular flexibility index (Phi) is 6.24. The van der Waals surface area contributed by atoms with E-state index in [1.54, 1.807) is 18.4 Å². The molecule has 11 heteroatoms. The Labute approximate surface area is 209 Å². The smallest absolute Gasteiger partial charge is 0.228 e. The van der Waals surface area contributed by atoms with Crippen molar-refractivity contribution in [1.82, 2.24) is 19.3 Å². The van der Waals surface area contributed by atoms with E-state index in [0.717, 1.165) is 57.5 Å². The van der Waals surface area contributed by atoms with E-state index in [1.807, 2.05) is 43.5 Å². The number of nitrogens with zero attached hydrogens (tertiary/aromatic N) is 4. The van der Waals surface area contributed by atoms with E-state index in [-0.39, 0.29) is 11.8 Å². The van der Waals surface area contributed by atoms with Crippen LogP contribution in [0.3, 0.4) is 0 Å². The minimum absolute atomic E-state index is 0.0197. The number of fused-ring (bicyclic) bond motifs is 1. The first-order chi connectivity index (χ1) is 16.0. The molecule has 2 N–H and O–H groups in total. The van der Waals surface area contributed by atoms with Crippen molar-refractivity contribution in [3.05, 3.63) is 41.2 Å². The molecule has 1 aliphatic rings. The number of ether oxygens (including phenoxy) is 1. The molecule has 0 spiro atoms. The summed E-state index contributed by atoms with van der Waals surface area (Å²) in [4.78, 5) is 26.5. The molecule has 3 aromatic heterocycles. The maximum Gasteiger partial charge on any atom is 0.228 e. The minimum Gasteiger partial charge on any atom is -0.494 e. The number of pyridine rings is 1. The number of carbonyl (C=O) groups excluding carboxylic acids is 1. The van der Waals surface area contributed by atoms with Gasteiger partial charge in [0.1, 0.15) is 22.2 Å². The summed E-state index contributed by atoms with van der Waals surface area (Å²) in [6.45, 7) is 3.94. The van der Waals surface area contributed by atoms with Crippen LogP contribution in [0.25, 0.3) is 21.7 Å². The molecule has 33 heavy (non-hydrogen) atoms. The van der Waals surface area contributed by atoms with Crippen LogP contribution in [-0.4, -0.2) is 32.3 Å². The third kappa shape index (κ3) is 4.43. The molecule has 8 nitrogen and oxygen atoms in total. The number of thiazole rings is 1. The summed E-state index contributed by atoms with van der Waals surface area (Å²) < 4.78 is 7.86. The number of imidazole rings is 1. The molecule has 1 saturated carbocycles. The number of benzene rings is 1. The van der Waals surface area contributed by atoms with Gasteiger partial charge in [0.15, 0.2) is 11.4 Å². The quantitative estimate of drug-likeness (QED) is 0.200. The number of anilines is 3. The zero-order valence-electron chi connectivity index (χ0n) is 18.3. The fourth-order valence-electron chi connectivity index (χ4n) is 3.64. The van der Waals surface area contributed by atoms with E-state index in [2.05, 4.69) is 42.0 Å². The van der Waals surface area contributed by atoms with E-state index in [0.29, 0.717) is 17.9 Å². The van der Waals surface area contributed by atoms with Gasteiger partial charge < -0.3 is 15.4 Å². The second kappa shape index (κ2) is 9.15. The maximum atomic E-state index is 12.4. The van der Waals surface area contributed by atoms with Crippen molar-refractivity contribution in [2.75, 3.05) is 17.7 Å². The summed E-state index contributed by atoms with van der Waals surface area (Å²) in [5.74, 6) is 2.20. The van der Waals surface area contributed by atoms with Crippen LogP contribution in [0, 0.1) is 19.8 Å². The van der Waals surface area contributed by atoms with E-state index in [4.69, 9.17) is 14.7 Å². The summed E-state index contributed by atoms with van der Waals surface area (Å²) in [6, 6.07) is 7.78. The second-order valence-electron chi connectivity index (χ2n) is 7.88. The van der Waals surface area contributed by atoms with Crippen LogP contribution in [-0.2, 0) is 4.79 Å². The highest BCUT2D eigenvalue weighted by molar-refractivity contribution is 14.2. The molecule has 0 saturated heterocycles. The fourth-order valence-corrected chi connectivity index (χ4v) is 6.60. The number of rotatable bonds is 7. The Bertz CT molecular complexity index is 1370. The van der Waals surface area contributed by atoms with Gasteiger partial charge in [-0.3, -0.25) is 9.13 Å². The SMILES string of the molecule is COc1c(Nc2cc(NC(=O)C3CC3)nc3c2nc(C)n3PI)cccc1-c1nc(C)cs1. The molecule has 4 aromatic rings. The summed E-state index contributed by atoms with van der Waals surface area (Å²) >= 11 is 3.90. The molecule has 0 aliphatic heterocycles. The normalized spacial score (nSPS) is 13.7. The van der Waals surface area contributed by atoms with Crippen molar-refractivity contribution in [2.24, 2.45) is 5.92 Å². The lowest BCUT2D eigenvalue weighted by Crippen LogP contribution is -2.14. The topological polar surface area (TPSA) is 94.0 Å². The van der Waals surface area contributed by atoms with Crippen molar-refractivity contribution in [3.63, 3.8) is 0 Å². The van der Waals surface area contributed by atoms with Gasteiger partial charge in [-0.05, 0) is 60.9 Å². The van der Waals surface area contributed by atoms with Crippen molar-refractivity contribution >= 4 is 74.0 Å². The standard InChI is InChI=1S/C22H22IN6O2PS/c1-11-10-33-22(24-11)14-5-4-6-15(19(14)31-3)26-16-9-17(28-21(30)13-7-8-13)27-20-18(16)25-12(2)29(20)32-23/h4-6,9-10,13,32H,7-8H2,1-3H3,(H2,26,27,28,30). The monoisotopic (exact) mass is 592 g/mol. The van der Waals surface area contributed by atoms with Gasteiger partial charge in [0.05, 0.1) is 30.4 Å². The van der Waals surface area contributed by atoms with Crippen LogP contribution in [0.2, 0.25) is 0 Å². The number of hydrogen-bond acceptors (Lipinski definition) is 7. The summed E-state index contributed by atoms with van der Waals surface area (Å²) in [6.07, 6.45) is 2.31. The molecule has 0 radical (unpaired) electrons. The third-order valence-electron chi connectivity index (χ3n) is 5.41.